The maximum Gasteiger partial charge on any atom is 0.270 e. The molecule has 0 radical (unpaired) electrons. The van der Waals surface area contributed by atoms with Crippen molar-refractivity contribution in [1.29, 1.82) is 0 Å². The van der Waals surface area contributed by atoms with Crippen LogP contribution in [-0.4, -0.2) is 10.0 Å². The van der Waals surface area contributed by atoms with Crippen LogP contribution in [0.3, 0.4) is 0 Å². The van der Waals surface area contributed by atoms with Gasteiger partial charge < -0.3 is 10.8 Å². The molecule has 0 aliphatic rings. The lowest BCUT2D eigenvalue weighted by molar-refractivity contribution is -0.385. The molecule has 0 fully saturated rings. The summed E-state index contributed by atoms with van der Waals surface area (Å²) in [5.74, 6) is 0.173. The van der Waals surface area contributed by atoms with E-state index in [4.69, 9.17) is 5.73 Å². The van der Waals surface area contributed by atoms with Gasteiger partial charge in [0.05, 0.1) is 4.92 Å². The van der Waals surface area contributed by atoms with Gasteiger partial charge in [-0.1, -0.05) is 20.3 Å². The number of nitrogens with zero attached hydrogens (tertiary/aromatic N) is 1. The van der Waals surface area contributed by atoms with Gasteiger partial charge in [-0.15, -0.1) is 12.4 Å². The summed E-state index contributed by atoms with van der Waals surface area (Å²) in [6.07, 6.45) is 0.850. The zero-order valence-electron chi connectivity index (χ0n) is 9.79. The quantitative estimate of drug-likeness (QED) is 0.643. The SMILES string of the molecule is CCC(C)[C@@H](N)c1cc([N+](=O)[O-])ccc1O.Cl. The highest BCUT2D eigenvalue weighted by Gasteiger charge is 2.19. The van der Waals surface area contributed by atoms with Gasteiger partial charge in [-0.3, -0.25) is 10.1 Å². The smallest absolute Gasteiger partial charge is 0.270 e. The monoisotopic (exact) mass is 260 g/mol. The van der Waals surface area contributed by atoms with Gasteiger partial charge in [0.2, 0.25) is 0 Å². The minimum absolute atomic E-state index is 0. The first-order valence-corrected chi connectivity index (χ1v) is 5.20. The highest BCUT2D eigenvalue weighted by Crippen LogP contribution is 2.31. The summed E-state index contributed by atoms with van der Waals surface area (Å²) >= 11 is 0. The molecule has 0 saturated carbocycles. The molecule has 0 saturated heterocycles. The Balaban J connectivity index is 0.00000256. The number of nitro benzene ring substituents is 1. The molecule has 0 spiro atoms. The van der Waals surface area contributed by atoms with Crippen LogP contribution in [0.15, 0.2) is 18.2 Å². The summed E-state index contributed by atoms with van der Waals surface area (Å²) in [5.41, 5.74) is 6.32. The Labute approximate surface area is 106 Å². The Kier molecular flexibility index (Phi) is 5.91. The average molecular weight is 261 g/mol. The fraction of sp³-hybridized carbons (Fsp3) is 0.455. The number of hydrogen-bond acceptors (Lipinski definition) is 4. The van der Waals surface area contributed by atoms with Crippen molar-refractivity contribution in [2.45, 2.75) is 26.3 Å². The van der Waals surface area contributed by atoms with Crippen LogP contribution in [0, 0.1) is 16.0 Å². The molecule has 17 heavy (non-hydrogen) atoms. The first-order valence-electron chi connectivity index (χ1n) is 5.20. The zero-order valence-corrected chi connectivity index (χ0v) is 10.6. The molecule has 6 heteroatoms. The molecule has 0 aliphatic heterocycles. The van der Waals surface area contributed by atoms with Crippen molar-refractivity contribution < 1.29 is 10.0 Å². The normalized spacial score (nSPS) is 13.6. The Morgan fingerprint density at radius 1 is 1.53 bits per heavy atom. The van der Waals surface area contributed by atoms with Crippen LogP contribution >= 0.6 is 12.4 Å². The summed E-state index contributed by atoms with van der Waals surface area (Å²) in [6, 6.07) is 3.54. The van der Waals surface area contributed by atoms with Crippen LogP contribution < -0.4 is 5.73 Å². The maximum absolute atomic E-state index is 10.6. The predicted octanol–water partition coefficient (Wildman–Crippen LogP) is 2.77. The summed E-state index contributed by atoms with van der Waals surface area (Å²) in [4.78, 5) is 10.1. The van der Waals surface area contributed by atoms with Gasteiger partial charge in [-0.25, -0.2) is 0 Å². The first-order chi connectivity index (χ1) is 7.47. The third-order valence-electron chi connectivity index (χ3n) is 2.84. The number of nitro groups is 1. The number of phenols is 1. The van der Waals surface area contributed by atoms with Crippen LogP contribution in [0.1, 0.15) is 31.9 Å². The Bertz CT molecular complexity index is 398. The second-order valence-corrected chi connectivity index (χ2v) is 3.91. The summed E-state index contributed by atoms with van der Waals surface area (Å²) in [7, 11) is 0. The standard InChI is InChI=1S/C11H16N2O3.ClH/c1-3-7(2)11(12)9-6-8(13(15)16)4-5-10(9)14;/h4-7,11,14H,3,12H2,1-2H3;1H/t7?,11-;/m1./s1. The molecule has 0 bridgehead atoms. The summed E-state index contributed by atoms with van der Waals surface area (Å²) in [6.45, 7) is 3.93. The maximum atomic E-state index is 10.6. The van der Waals surface area contributed by atoms with E-state index in [1.54, 1.807) is 0 Å². The van der Waals surface area contributed by atoms with E-state index in [2.05, 4.69) is 0 Å². The number of aromatic hydroxyl groups is 1. The molecule has 5 nitrogen and oxygen atoms in total. The zero-order chi connectivity index (χ0) is 12.3. The highest BCUT2D eigenvalue weighted by atomic mass is 35.5. The van der Waals surface area contributed by atoms with Crippen molar-refractivity contribution in [3.05, 3.63) is 33.9 Å². The number of halogens is 1. The lowest BCUT2D eigenvalue weighted by Gasteiger charge is -2.19. The number of benzene rings is 1. The van der Waals surface area contributed by atoms with Gasteiger partial charge >= 0.3 is 0 Å². The average Bonchev–Trinajstić information content (AvgIpc) is 2.27. The molecule has 0 aliphatic carbocycles. The highest BCUT2D eigenvalue weighted by molar-refractivity contribution is 5.85. The molecule has 1 aromatic rings. The van der Waals surface area contributed by atoms with Gasteiger partial charge in [-0.2, -0.15) is 0 Å². The molecule has 96 valence electrons. The number of hydrogen-bond donors (Lipinski definition) is 2. The van der Waals surface area contributed by atoms with Gasteiger partial charge in [0.25, 0.3) is 5.69 Å². The minimum atomic E-state index is -0.494. The number of phenolic OH excluding ortho intramolecular Hbond substituents is 1. The molecular weight excluding hydrogens is 244 g/mol. The molecule has 0 heterocycles. The van der Waals surface area contributed by atoms with Crippen LogP contribution in [0.4, 0.5) is 5.69 Å². The van der Waals surface area contributed by atoms with E-state index in [0.717, 1.165) is 6.42 Å². The van der Waals surface area contributed by atoms with E-state index < -0.39 is 4.92 Å². The van der Waals surface area contributed by atoms with Gasteiger partial charge in [0.1, 0.15) is 5.75 Å². The molecule has 0 amide bonds. The second-order valence-electron chi connectivity index (χ2n) is 3.91. The molecule has 1 unspecified atom stereocenters. The Hall–Kier alpha value is -1.33. The van der Waals surface area contributed by atoms with Crippen LogP contribution in [0.25, 0.3) is 0 Å². The molecule has 1 rings (SSSR count). The third kappa shape index (κ3) is 3.57. The fourth-order valence-corrected chi connectivity index (χ4v) is 1.48. The van der Waals surface area contributed by atoms with Crippen LogP contribution in [-0.2, 0) is 0 Å². The molecule has 0 aromatic heterocycles. The Morgan fingerprint density at radius 3 is 2.59 bits per heavy atom. The molecule has 2 atom stereocenters. The van der Waals surface area contributed by atoms with Crippen molar-refractivity contribution in [3.63, 3.8) is 0 Å². The van der Waals surface area contributed by atoms with Crippen molar-refractivity contribution in [2.75, 3.05) is 0 Å². The number of nitrogens with two attached hydrogens (primary N) is 1. The van der Waals surface area contributed by atoms with Crippen molar-refractivity contribution in [3.8, 4) is 5.75 Å². The van der Waals surface area contributed by atoms with E-state index in [9.17, 15) is 15.2 Å². The van der Waals surface area contributed by atoms with Crippen LogP contribution in [0.2, 0.25) is 0 Å². The van der Waals surface area contributed by atoms with Crippen molar-refractivity contribution in [1.82, 2.24) is 0 Å². The predicted molar refractivity (Wildman–Crippen MR) is 68.4 cm³/mol. The molecule has 3 N–H and O–H groups in total. The van der Waals surface area contributed by atoms with Gasteiger partial charge in [0, 0.05) is 23.7 Å². The first kappa shape index (κ1) is 15.7. The van der Waals surface area contributed by atoms with Crippen molar-refractivity contribution in [2.24, 2.45) is 11.7 Å². The summed E-state index contributed by atoms with van der Waals surface area (Å²) < 4.78 is 0. The van der Waals surface area contributed by atoms with E-state index in [0.29, 0.717) is 5.56 Å². The van der Waals surface area contributed by atoms with E-state index in [1.807, 2.05) is 13.8 Å². The Morgan fingerprint density at radius 2 is 2.12 bits per heavy atom. The van der Waals surface area contributed by atoms with Crippen molar-refractivity contribution >= 4 is 18.1 Å². The van der Waals surface area contributed by atoms with E-state index in [-0.39, 0.29) is 35.8 Å². The minimum Gasteiger partial charge on any atom is -0.508 e. The topological polar surface area (TPSA) is 89.4 Å². The lowest BCUT2D eigenvalue weighted by atomic mass is 9.92. The lowest BCUT2D eigenvalue weighted by Crippen LogP contribution is -2.18. The largest absolute Gasteiger partial charge is 0.508 e. The molecular formula is C11H17ClN2O3. The van der Waals surface area contributed by atoms with Crippen LogP contribution in [0.5, 0.6) is 5.75 Å². The van der Waals surface area contributed by atoms with E-state index >= 15 is 0 Å². The van der Waals surface area contributed by atoms with E-state index in [1.165, 1.54) is 18.2 Å². The van der Waals surface area contributed by atoms with Gasteiger partial charge in [0.15, 0.2) is 0 Å². The third-order valence-corrected chi connectivity index (χ3v) is 2.84. The second kappa shape index (κ2) is 6.42. The number of non-ortho nitro benzene ring substituents is 1. The number of rotatable bonds is 4. The molecule has 1 aromatic carbocycles. The fourth-order valence-electron chi connectivity index (χ4n) is 1.48. The summed E-state index contributed by atoms with van der Waals surface area (Å²) in [5, 5.41) is 20.2. The van der Waals surface area contributed by atoms with Gasteiger partial charge in [-0.05, 0) is 12.0 Å².